The average molecular weight is 305 g/mol. The summed E-state index contributed by atoms with van der Waals surface area (Å²) in [7, 11) is 1.25. The van der Waals surface area contributed by atoms with E-state index in [1.54, 1.807) is 6.08 Å². The summed E-state index contributed by atoms with van der Waals surface area (Å²) in [6.07, 6.45) is 3.30. The summed E-state index contributed by atoms with van der Waals surface area (Å²) >= 11 is 0. The number of hydrogen-bond acceptors (Lipinski definition) is 4. The summed E-state index contributed by atoms with van der Waals surface area (Å²) in [4.78, 5) is 34.7. The second-order valence-corrected chi connectivity index (χ2v) is 4.66. The molecule has 1 aromatic carbocycles. The van der Waals surface area contributed by atoms with E-state index in [9.17, 15) is 14.4 Å². The number of esters is 1. The van der Waals surface area contributed by atoms with Crippen LogP contribution in [0.1, 0.15) is 40.0 Å². The summed E-state index contributed by atoms with van der Waals surface area (Å²) < 4.78 is 4.58. The molecule has 0 saturated heterocycles. The second-order valence-electron chi connectivity index (χ2n) is 4.66. The molecule has 0 aromatic heterocycles. The maximum Gasteiger partial charge on any atom is 0.337 e. The van der Waals surface area contributed by atoms with Gasteiger partial charge in [0.15, 0.2) is 0 Å². The highest BCUT2D eigenvalue weighted by atomic mass is 16.5. The highest BCUT2D eigenvalue weighted by Crippen LogP contribution is 2.08. The molecule has 2 N–H and O–H groups in total. The van der Waals surface area contributed by atoms with Crippen LogP contribution in [0.5, 0.6) is 0 Å². The number of allylic oxidation sites excluding steroid dienone is 1. The van der Waals surface area contributed by atoms with Crippen molar-refractivity contribution in [1.29, 1.82) is 0 Å². The molecule has 6 heteroatoms. The van der Waals surface area contributed by atoms with Crippen LogP contribution in [-0.2, 0) is 9.53 Å². The molecule has 0 radical (unpaired) electrons. The SMILES string of the molecule is C=CCCC[C@@H](NC(=O)c1cccc(C(=O)OC)c1)C(=O)O. The highest BCUT2D eigenvalue weighted by molar-refractivity contribution is 5.99. The number of unbranched alkanes of at least 4 members (excludes halogenated alkanes) is 1. The summed E-state index contributed by atoms with van der Waals surface area (Å²) in [5, 5.41) is 11.6. The van der Waals surface area contributed by atoms with Gasteiger partial charge in [-0.15, -0.1) is 6.58 Å². The highest BCUT2D eigenvalue weighted by Gasteiger charge is 2.20. The molecular formula is C16H19NO5. The Morgan fingerprint density at radius 1 is 1.36 bits per heavy atom. The molecule has 1 rings (SSSR count). The average Bonchev–Trinajstić information content (AvgIpc) is 2.53. The third kappa shape index (κ3) is 5.05. The van der Waals surface area contributed by atoms with Gasteiger partial charge in [0.05, 0.1) is 12.7 Å². The van der Waals surface area contributed by atoms with Crippen molar-refractivity contribution in [2.45, 2.75) is 25.3 Å². The predicted octanol–water partition coefficient (Wildman–Crippen LogP) is 2.01. The maximum atomic E-state index is 12.1. The first-order chi connectivity index (χ1) is 10.5. The molecule has 0 aliphatic heterocycles. The van der Waals surface area contributed by atoms with E-state index in [4.69, 9.17) is 5.11 Å². The molecule has 0 saturated carbocycles. The van der Waals surface area contributed by atoms with E-state index < -0.39 is 23.9 Å². The first kappa shape index (κ1) is 17.4. The Morgan fingerprint density at radius 3 is 2.64 bits per heavy atom. The van der Waals surface area contributed by atoms with E-state index in [-0.39, 0.29) is 11.1 Å². The Labute approximate surface area is 128 Å². The van der Waals surface area contributed by atoms with Gasteiger partial charge in [0, 0.05) is 5.56 Å². The van der Waals surface area contributed by atoms with Crippen LogP contribution in [0.25, 0.3) is 0 Å². The van der Waals surface area contributed by atoms with Crippen LogP contribution in [0.15, 0.2) is 36.9 Å². The minimum atomic E-state index is -1.10. The maximum absolute atomic E-state index is 12.1. The lowest BCUT2D eigenvalue weighted by atomic mass is 10.1. The number of aliphatic carboxylic acids is 1. The fourth-order valence-corrected chi connectivity index (χ4v) is 1.87. The van der Waals surface area contributed by atoms with E-state index in [0.29, 0.717) is 19.3 Å². The molecule has 0 unspecified atom stereocenters. The van der Waals surface area contributed by atoms with Crippen molar-refractivity contribution in [2.75, 3.05) is 7.11 Å². The number of methoxy groups -OCH3 is 1. The molecular weight excluding hydrogens is 286 g/mol. The Morgan fingerprint density at radius 2 is 2.05 bits per heavy atom. The predicted molar refractivity (Wildman–Crippen MR) is 80.7 cm³/mol. The van der Waals surface area contributed by atoms with Gasteiger partial charge >= 0.3 is 11.9 Å². The zero-order valence-electron chi connectivity index (χ0n) is 12.4. The molecule has 1 amide bonds. The van der Waals surface area contributed by atoms with E-state index >= 15 is 0 Å². The van der Waals surface area contributed by atoms with Gasteiger partial charge in [-0.25, -0.2) is 9.59 Å². The number of carbonyl (C=O) groups is 3. The monoisotopic (exact) mass is 305 g/mol. The van der Waals surface area contributed by atoms with Crippen LogP contribution in [-0.4, -0.2) is 36.1 Å². The number of rotatable bonds is 8. The lowest BCUT2D eigenvalue weighted by Gasteiger charge is -2.14. The quantitative estimate of drug-likeness (QED) is 0.435. The Hall–Kier alpha value is -2.63. The molecule has 0 spiro atoms. The Kier molecular flexibility index (Phi) is 6.82. The molecule has 22 heavy (non-hydrogen) atoms. The first-order valence-corrected chi connectivity index (χ1v) is 6.82. The molecule has 1 atom stereocenters. The number of nitrogens with one attached hydrogen (secondary N) is 1. The van der Waals surface area contributed by atoms with Gasteiger partial charge in [-0.05, 0) is 37.5 Å². The van der Waals surface area contributed by atoms with Crippen molar-refractivity contribution in [1.82, 2.24) is 5.32 Å². The molecule has 0 aliphatic carbocycles. The summed E-state index contributed by atoms with van der Waals surface area (Å²) in [5.41, 5.74) is 0.437. The molecule has 0 aliphatic rings. The summed E-state index contributed by atoms with van der Waals surface area (Å²) in [5.74, 6) is -2.20. The van der Waals surface area contributed by atoms with Crippen molar-refractivity contribution in [3.8, 4) is 0 Å². The fraction of sp³-hybridized carbons (Fsp3) is 0.312. The lowest BCUT2D eigenvalue weighted by molar-refractivity contribution is -0.139. The fourth-order valence-electron chi connectivity index (χ4n) is 1.87. The third-order valence-electron chi connectivity index (χ3n) is 3.05. The topological polar surface area (TPSA) is 92.7 Å². The molecule has 6 nitrogen and oxygen atoms in total. The van der Waals surface area contributed by atoms with Gasteiger partial charge in [0.2, 0.25) is 0 Å². The van der Waals surface area contributed by atoms with Crippen molar-refractivity contribution in [3.05, 3.63) is 48.0 Å². The standard InChI is InChI=1S/C16H19NO5/c1-3-4-5-9-13(15(19)20)17-14(18)11-7-6-8-12(10-11)16(21)22-2/h3,6-8,10,13H,1,4-5,9H2,2H3,(H,17,18)(H,19,20)/t13-/m1/s1. The number of benzene rings is 1. The van der Waals surface area contributed by atoms with Crippen LogP contribution in [0, 0.1) is 0 Å². The van der Waals surface area contributed by atoms with Gasteiger partial charge in [0.1, 0.15) is 6.04 Å². The van der Waals surface area contributed by atoms with Crippen LogP contribution in [0.4, 0.5) is 0 Å². The van der Waals surface area contributed by atoms with Crippen LogP contribution in [0.2, 0.25) is 0 Å². The number of ether oxygens (including phenoxy) is 1. The van der Waals surface area contributed by atoms with Crippen LogP contribution < -0.4 is 5.32 Å². The van der Waals surface area contributed by atoms with Crippen molar-refractivity contribution in [2.24, 2.45) is 0 Å². The van der Waals surface area contributed by atoms with Gasteiger partial charge < -0.3 is 15.2 Å². The van der Waals surface area contributed by atoms with Gasteiger partial charge in [-0.2, -0.15) is 0 Å². The molecule has 118 valence electrons. The van der Waals surface area contributed by atoms with Crippen LogP contribution >= 0.6 is 0 Å². The van der Waals surface area contributed by atoms with Gasteiger partial charge in [0.25, 0.3) is 5.91 Å². The largest absolute Gasteiger partial charge is 0.480 e. The molecule has 0 bridgehead atoms. The van der Waals surface area contributed by atoms with E-state index in [2.05, 4.69) is 16.6 Å². The van der Waals surface area contributed by atoms with Crippen molar-refractivity contribution >= 4 is 17.8 Å². The number of carboxylic acid groups (broad SMARTS) is 1. The molecule has 0 fully saturated rings. The Balaban J connectivity index is 2.79. The zero-order chi connectivity index (χ0) is 16.5. The normalized spacial score (nSPS) is 11.3. The number of carboxylic acids is 1. The van der Waals surface area contributed by atoms with E-state index in [1.807, 2.05) is 0 Å². The summed E-state index contributed by atoms with van der Waals surface area (Å²) in [6.45, 7) is 3.57. The molecule has 0 heterocycles. The number of hydrogen-bond donors (Lipinski definition) is 2. The van der Waals surface area contributed by atoms with E-state index in [1.165, 1.54) is 31.4 Å². The number of amides is 1. The van der Waals surface area contributed by atoms with Crippen molar-refractivity contribution < 1.29 is 24.2 Å². The number of carbonyl (C=O) groups excluding carboxylic acids is 2. The van der Waals surface area contributed by atoms with E-state index in [0.717, 1.165) is 0 Å². The molecule has 1 aromatic rings. The Bertz CT molecular complexity index is 567. The van der Waals surface area contributed by atoms with Gasteiger partial charge in [-0.3, -0.25) is 4.79 Å². The zero-order valence-corrected chi connectivity index (χ0v) is 12.4. The second kappa shape index (κ2) is 8.61. The van der Waals surface area contributed by atoms with Gasteiger partial charge in [-0.1, -0.05) is 12.1 Å². The minimum Gasteiger partial charge on any atom is -0.480 e. The van der Waals surface area contributed by atoms with Crippen LogP contribution in [0.3, 0.4) is 0 Å². The minimum absolute atomic E-state index is 0.206. The lowest BCUT2D eigenvalue weighted by Crippen LogP contribution is -2.40. The first-order valence-electron chi connectivity index (χ1n) is 6.82. The van der Waals surface area contributed by atoms with Crippen molar-refractivity contribution in [3.63, 3.8) is 0 Å². The smallest absolute Gasteiger partial charge is 0.337 e. The third-order valence-corrected chi connectivity index (χ3v) is 3.05. The summed E-state index contributed by atoms with van der Waals surface area (Å²) in [6, 6.07) is 4.94.